The minimum Gasteiger partial charge on any atom is -0.338 e. The molecule has 1 aromatic heterocycles. The number of carbonyl (C=O) groups excluding carboxylic acids is 1. The van der Waals surface area contributed by atoms with Crippen LogP contribution >= 0.6 is 0 Å². The Morgan fingerprint density at radius 3 is 2.39 bits per heavy atom. The van der Waals surface area contributed by atoms with Gasteiger partial charge in [0, 0.05) is 12.6 Å². The van der Waals surface area contributed by atoms with Crippen molar-refractivity contribution in [3.05, 3.63) is 76.9 Å². The van der Waals surface area contributed by atoms with Crippen molar-refractivity contribution in [3.63, 3.8) is 0 Å². The zero-order chi connectivity index (χ0) is 22.9. The number of benzene rings is 2. The standard InChI is InChI=1S/C26H30N6O/c1-18-7-11-21(12-8-18)23-16-24(22-13-9-19(2)10-14-22)32-26(27-28-29-32)31(23)17-25(33)30-15-5-4-6-20(30)3/h7-14,16,20,24H,4-6,15,17H2,1-3H3/t20-,24-/m0/s1. The smallest absolute Gasteiger partial charge is 0.251 e. The van der Waals surface area contributed by atoms with Crippen LogP contribution in [0, 0.1) is 13.8 Å². The van der Waals surface area contributed by atoms with E-state index in [9.17, 15) is 4.79 Å². The molecule has 0 radical (unpaired) electrons. The van der Waals surface area contributed by atoms with Crippen molar-refractivity contribution >= 4 is 17.6 Å². The Kier molecular flexibility index (Phi) is 5.70. The molecule has 0 bridgehead atoms. The minimum absolute atomic E-state index is 0.114. The normalized spacial score (nSPS) is 20.4. The van der Waals surface area contributed by atoms with E-state index in [1.807, 2.05) is 14.5 Å². The van der Waals surface area contributed by atoms with Gasteiger partial charge in [-0.05, 0) is 67.7 Å². The second kappa shape index (κ2) is 8.81. The van der Waals surface area contributed by atoms with Crippen LogP contribution in [0.3, 0.4) is 0 Å². The lowest BCUT2D eigenvalue weighted by Crippen LogP contribution is -2.47. The first-order valence-corrected chi connectivity index (χ1v) is 11.7. The molecule has 3 heterocycles. The van der Waals surface area contributed by atoms with Gasteiger partial charge in [-0.15, -0.1) is 0 Å². The summed E-state index contributed by atoms with van der Waals surface area (Å²) in [5, 5.41) is 12.7. The van der Waals surface area contributed by atoms with E-state index in [0.717, 1.165) is 36.2 Å². The molecule has 0 saturated carbocycles. The van der Waals surface area contributed by atoms with Gasteiger partial charge in [0.2, 0.25) is 5.91 Å². The highest BCUT2D eigenvalue weighted by atomic mass is 16.2. The van der Waals surface area contributed by atoms with Gasteiger partial charge < -0.3 is 4.90 Å². The first-order chi connectivity index (χ1) is 16.0. The van der Waals surface area contributed by atoms with E-state index >= 15 is 0 Å². The van der Waals surface area contributed by atoms with E-state index < -0.39 is 0 Å². The summed E-state index contributed by atoms with van der Waals surface area (Å²) in [6.45, 7) is 7.32. The largest absolute Gasteiger partial charge is 0.338 e. The number of allylic oxidation sites excluding steroid dienone is 1. The van der Waals surface area contributed by atoms with Crippen LogP contribution in [0.5, 0.6) is 0 Å². The number of anilines is 1. The zero-order valence-corrected chi connectivity index (χ0v) is 19.5. The molecular formula is C26H30N6O. The van der Waals surface area contributed by atoms with Crippen molar-refractivity contribution in [2.75, 3.05) is 18.0 Å². The van der Waals surface area contributed by atoms with Crippen LogP contribution in [0.25, 0.3) is 5.70 Å². The van der Waals surface area contributed by atoms with E-state index in [1.54, 1.807) is 0 Å². The van der Waals surface area contributed by atoms with Crippen LogP contribution in [0.1, 0.15) is 54.5 Å². The number of aromatic nitrogens is 4. The fourth-order valence-electron chi connectivity index (χ4n) is 4.79. The molecule has 1 amide bonds. The highest BCUT2D eigenvalue weighted by molar-refractivity contribution is 5.89. The first-order valence-electron chi connectivity index (χ1n) is 11.7. The van der Waals surface area contributed by atoms with E-state index in [1.165, 1.54) is 17.5 Å². The third-order valence-corrected chi connectivity index (χ3v) is 6.77. The van der Waals surface area contributed by atoms with E-state index in [-0.39, 0.29) is 24.5 Å². The average Bonchev–Trinajstić information content (AvgIpc) is 3.31. The Labute approximate surface area is 194 Å². The molecule has 33 heavy (non-hydrogen) atoms. The highest BCUT2D eigenvalue weighted by Gasteiger charge is 2.34. The summed E-state index contributed by atoms with van der Waals surface area (Å²) in [4.78, 5) is 17.4. The summed E-state index contributed by atoms with van der Waals surface area (Å²) in [5.41, 5.74) is 5.51. The van der Waals surface area contributed by atoms with Gasteiger partial charge in [-0.1, -0.05) is 64.8 Å². The number of piperidine rings is 1. The van der Waals surface area contributed by atoms with Crippen LogP contribution < -0.4 is 4.90 Å². The molecule has 2 aliphatic rings. The summed E-state index contributed by atoms with van der Waals surface area (Å²) >= 11 is 0. The molecule has 7 heteroatoms. The molecule has 1 fully saturated rings. The second-order valence-corrected chi connectivity index (χ2v) is 9.21. The average molecular weight is 443 g/mol. The lowest BCUT2D eigenvalue weighted by molar-refractivity contribution is -0.132. The van der Waals surface area contributed by atoms with Crippen LogP contribution in [-0.4, -0.2) is 50.1 Å². The summed E-state index contributed by atoms with van der Waals surface area (Å²) in [6.07, 6.45) is 5.47. The molecule has 1 saturated heterocycles. The first kappa shape index (κ1) is 21.4. The summed E-state index contributed by atoms with van der Waals surface area (Å²) in [5.74, 6) is 0.709. The van der Waals surface area contributed by atoms with Gasteiger partial charge >= 0.3 is 0 Å². The molecule has 0 spiro atoms. The number of hydrogen-bond donors (Lipinski definition) is 0. The molecule has 2 aliphatic heterocycles. The monoisotopic (exact) mass is 442 g/mol. The predicted octanol–water partition coefficient (Wildman–Crippen LogP) is 4.14. The summed E-state index contributed by atoms with van der Waals surface area (Å²) in [6, 6.07) is 17.0. The number of rotatable bonds is 4. The van der Waals surface area contributed by atoms with Crippen molar-refractivity contribution < 1.29 is 4.79 Å². The maximum absolute atomic E-state index is 13.4. The Hall–Kier alpha value is -3.48. The van der Waals surface area contributed by atoms with Gasteiger partial charge in [0.1, 0.15) is 12.6 Å². The number of aryl methyl sites for hydroxylation is 2. The van der Waals surface area contributed by atoms with Crippen molar-refractivity contribution in [2.24, 2.45) is 0 Å². The Morgan fingerprint density at radius 2 is 1.70 bits per heavy atom. The lowest BCUT2D eigenvalue weighted by Gasteiger charge is -2.37. The van der Waals surface area contributed by atoms with Crippen LogP contribution in [0.15, 0.2) is 54.6 Å². The van der Waals surface area contributed by atoms with E-state index in [2.05, 4.69) is 90.9 Å². The van der Waals surface area contributed by atoms with Gasteiger partial charge in [-0.25, -0.2) is 0 Å². The summed E-state index contributed by atoms with van der Waals surface area (Å²) in [7, 11) is 0. The lowest BCUT2D eigenvalue weighted by atomic mass is 9.99. The molecule has 170 valence electrons. The maximum atomic E-state index is 13.4. The van der Waals surface area contributed by atoms with E-state index in [4.69, 9.17) is 0 Å². The van der Waals surface area contributed by atoms with Gasteiger partial charge in [-0.2, -0.15) is 4.68 Å². The molecule has 0 aliphatic carbocycles. The topological polar surface area (TPSA) is 67.2 Å². The zero-order valence-electron chi connectivity index (χ0n) is 19.5. The number of nitrogens with zero attached hydrogens (tertiary/aromatic N) is 6. The molecule has 3 aromatic rings. The van der Waals surface area contributed by atoms with Crippen LogP contribution in [-0.2, 0) is 4.79 Å². The van der Waals surface area contributed by atoms with Crippen molar-refractivity contribution in [1.82, 2.24) is 25.1 Å². The summed E-state index contributed by atoms with van der Waals surface area (Å²) < 4.78 is 1.81. The SMILES string of the molecule is Cc1ccc(C2=C[C@@H](c3ccc(C)cc3)n3nnnc3N2CC(=O)N2CCCC[C@@H]2C)cc1. The Balaban J connectivity index is 1.56. The molecule has 7 nitrogen and oxygen atoms in total. The maximum Gasteiger partial charge on any atom is 0.251 e. The number of amides is 1. The van der Waals surface area contributed by atoms with Crippen LogP contribution in [0.4, 0.5) is 5.95 Å². The van der Waals surface area contributed by atoms with Crippen molar-refractivity contribution in [1.29, 1.82) is 0 Å². The molecule has 0 N–H and O–H groups in total. The number of likely N-dealkylation sites (tertiary alicyclic amines) is 1. The molecule has 2 atom stereocenters. The number of hydrogen-bond acceptors (Lipinski definition) is 5. The van der Waals surface area contributed by atoms with Gasteiger partial charge in [0.25, 0.3) is 5.95 Å². The van der Waals surface area contributed by atoms with Gasteiger partial charge in [0.15, 0.2) is 0 Å². The third kappa shape index (κ3) is 4.15. The highest BCUT2D eigenvalue weighted by Crippen LogP contribution is 2.36. The Morgan fingerprint density at radius 1 is 1.00 bits per heavy atom. The fraction of sp³-hybridized carbons (Fsp3) is 0.385. The number of tetrazole rings is 1. The molecular weight excluding hydrogens is 412 g/mol. The number of fused-ring (bicyclic) bond motifs is 1. The molecule has 2 aromatic carbocycles. The predicted molar refractivity (Wildman–Crippen MR) is 129 cm³/mol. The third-order valence-electron chi connectivity index (χ3n) is 6.77. The quantitative estimate of drug-likeness (QED) is 0.607. The van der Waals surface area contributed by atoms with Gasteiger partial charge in [0.05, 0.1) is 5.70 Å². The molecule has 5 rings (SSSR count). The van der Waals surface area contributed by atoms with Crippen molar-refractivity contribution in [2.45, 2.75) is 52.1 Å². The fourth-order valence-corrected chi connectivity index (χ4v) is 4.79. The minimum atomic E-state index is -0.146. The second-order valence-electron chi connectivity index (χ2n) is 9.21. The number of carbonyl (C=O) groups is 1. The molecule has 0 unspecified atom stereocenters. The van der Waals surface area contributed by atoms with Gasteiger partial charge in [-0.3, -0.25) is 9.69 Å². The van der Waals surface area contributed by atoms with Crippen LogP contribution in [0.2, 0.25) is 0 Å². The van der Waals surface area contributed by atoms with E-state index in [0.29, 0.717) is 5.95 Å². The van der Waals surface area contributed by atoms with Crippen molar-refractivity contribution in [3.8, 4) is 0 Å². The Bertz CT molecular complexity index is 1160.